The summed E-state index contributed by atoms with van der Waals surface area (Å²) in [7, 11) is 0. The number of hydrogen-bond donors (Lipinski definition) is 0. The highest BCUT2D eigenvalue weighted by molar-refractivity contribution is 6.30. The SMILES string of the molecule is CC1(C)CC(C)(C)c2cc3c(cc21)-c1ccc(Cl)cc1C3(c1ccccc1)c1ccc(-c2cccc(C(=O)c3ccccc3)c2)cc1. The van der Waals surface area contributed by atoms with E-state index in [1.807, 2.05) is 54.6 Å². The largest absolute Gasteiger partial charge is 0.289 e. The summed E-state index contributed by atoms with van der Waals surface area (Å²) in [6.45, 7) is 9.55. The fourth-order valence-corrected chi connectivity index (χ4v) is 8.91. The van der Waals surface area contributed by atoms with Gasteiger partial charge in [-0.2, -0.15) is 0 Å². The molecule has 2 heteroatoms. The molecule has 230 valence electrons. The van der Waals surface area contributed by atoms with Crippen LogP contribution in [-0.4, -0.2) is 5.78 Å². The number of carbonyl (C=O) groups excluding carboxylic acids is 1. The first-order chi connectivity index (χ1) is 22.6. The Morgan fingerprint density at radius 1 is 0.511 bits per heavy atom. The topological polar surface area (TPSA) is 17.1 Å². The Morgan fingerprint density at radius 3 is 1.81 bits per heavy atom. The molecule has 0 saturated heterocycles. The fraction of sp³-hybridized carbons (Fsp3) is 0.178. The first kappa shape index (κ1) is 29.7. The Hall–Kier alpha value is -4.72. The van der Waals surface area contributed by atoms with E-state index in [0.29, 0.717) is 11.1 Å². The van der Waals surface area contributed by atoms with Crippen molar-refractivity contribution in [2.24, 2.45) is 0 Å². The Kier molecular flexibility index (Phi) is 6.73. The normalized spacial score (nSPS) is 18.3. The van der Waals surface area contributed by atoms with Gasteiger partial charge in [-0.05, 0) is 97.2 Å². The fourth-order valence-electron chi connectivity index (χ4n) is 8.74. The highest BCUT2D eigenvalue weighted by Gasteiger charge is 2.50. The van der Waals surface area contributed by atoms with Crippen LogP contribution in [0.2, 0.25) is 5.02 Å². The van der Waals surface area contributed by atoms with Crippen LogP contribution >= 0.6 is 11.6 Å². The summed E-state index contributed by atoms with van der Waals surface area (Å²) in [6, 6.07) is 48.7. The van der Waals surface area contributed by atoms with Crippen LogP contribution in [0.3, 0.4) is 0 Å². The van der Waals surface area contributed by atoms with Crippen molar-refractivity contribution < 1.29 is 4.79 Å². The summed E-state index contributed by atoms with van der Waals surface area (Å²) in [4.78, 5) is 13.3. The molecule has 8 rings (SSSR count). The molecule has 0 radical (unpaired) electrons. The van der Waals surface area contributed by atoms with Crippen molar-refractivity contribution in [3.05, 3.63) is 189 Å². The van der Waals surface area contributed by atoms with Gasteiger partial charge in [-0.1, -0.05) is 155 Å². The molecule has 0 heterocycles. The third-order valence-electron chi connectivity index (χ3n) is 10.6. The van der Waals surface area contributed by atoms with Gasteiger partial charge in [0.1, 0.15) is 0 Å². The third-order valence-corrected chi connectivity index (χ3v) is 10.8. The first-order valence-corrected chi connectivity index (χ1v) is 16.8. The van der Waals surface area contributed by atoms with Crippen LogP contribution in [0, 0.1) is 0 Å². The monoisotopic (exact) mass is 628 g/mol. The summed E-state index contributed by atoms with van der Waals surface area (Å²) < 4.78 is 0. The van der Waals surface area contributed by atoms with Crippen LogP contribution in [-0.2, 0) is 16.2 Å². The van der Waals surface area contributed by atoms with Gasteiger partial charge in [0.2, 0.25) is 0 Å². The lowest BCUT2D eigenvalue weighted by molar-refractivity contribution is 0.103. The molecule has 0 saturated carbocycles. The summed E-state index contributed by atoms with van der Waals surface area (Å²) in [5.74, 6) is 0.0294. The van der Waals surface area contributed by atoms with Crippen LogP contribution < -0.4 is 0 Å². The summed E-state index contributed by atoms with van der Waals surface area (Å²) in [5.41, 5.74) is 13.5. The van der Waals surface area contributed by atoms with Gasteiger partial charge >= 0.3 is 0 Å². The minimum absolute atomic E-state index is 0.0294. The van der Waals surface area contributed by atoms with Crippen molar-refractivity contribution >= 4 is 17.4 Å². The van der Waals surface area contributed by atoms with Crippen molar-refractivity contribution in [2.45, 2.75) is 50.4 Å². The molecule has 1 nitrogen and oxygen atoms in total. The van der Waals surface area contributed by atoms with Crippen molar-refractivity contribution in [1.82, 2.24) is 0 Å². The van der Waals surface area contributed by atoms with Crippen LogP contribution in [0.15, 0.2) is 140 Å². The zero-order valence-electron chi connectivity index (χ0n) is 27.3. The van der Waals surface area contributed by atoms with Gasteiger partial charge < -0.3 is 0 Å². The molecule has 2 aliphatic carbocycles. The number of halogens is 1. The van der Waals surface area contributed by atoms with Crippen molar-refractivity contribution in [3.8, 4) is 22.3 Å². The maximum atomic E-state index is 13.3. The number of fused-ring (bicyclic) bond motifs is 4. The second-order valence-electron chi connectivity index (χ2n) is 14.5. The molecule has 6 aromatic rings. The smallest absolute Gasteiger partial charge is 0.193 e. The van der Waals surface area contributed by atoms with Gasteiger partial charge in [-0.3, -0.25) is 4.79 Å². The molecule has 0 aromatic heterocycles. The minimum Gasteiger partial charge on any atom is -0.289 e. The number of hydrogen-bond acceptors (Lipinski definition) is 1. The van der Waals surface area contributed by atoms with E-state index in [0.717, 1.165) is 22.6 Å². The van der Waals surface area contributed by atoms with Crippen LogP contribution in [0.1, 0.15) is 83.4 Å². The zero-order chi connectivity index (χ0) is 32.6. The van der Waals surface area contributed by atoms with Gasteiger partial charge in [0, 0.05) is 16.1 Å². The van der Waals surface area contributed by atoms with E-state index in [1.165, 1.54) is 44.5 Å². The lowest BCUT2D eigenvalue weighted by atomic mass is 9.67. The molecular weight excluding hydrogens is 592 g/mol. The van der Waals surface area contributed by atoms with E-state index >= 15 is 0 Å². The lowest BCUT2D eigenvalue weighted by Crippen LogP contribution is -2.29. The first-order valence-electron chi connectivity index (χ1n) is 16.5. The molecule has 6 aromatic carbocycles. The lowest BCUT2D eigenvalue weighted by Gasteiger charge is -2.35. The molecule has 1 atom stereocenters. The standard InChI is InChI=1S/C45H37ClO/c1-43(2)28-44(3,4)41-27-39-37(26-40(41)43)36-23-22-35(46)25-38(36)45(39,33-16-9-6-10-17-33)34-20-18-29(19-21-34)31-14-11-15-32(24-31)42(47)30-12-7-5-8-13-30/h5-27H,28H2,1-4H3. The predicted molar refractivity (Wildman–Crippen MR) is 195 cm³/mol. The van der Waals surface area contributed by atoms with Crippen LogP contribution in [0.25, 0.3) is 22.3 Å². The molecule has 0 spiro atoms. The van der Waals surface area contributed by atoms with Gasteiger partial charge in [0.25, 0.3) is 0 Å². The predicted octanol–water partition coefficient (Wildman–Crippen LogP) is 11.6. The van der Waals surface area contributed by atoms with Crippen LogP contribution in [0.4, 0.5) is 0 Å². The van der Waals surface area contributed by atoms with Crippen LogP contribution in [0.5, 0.6) is 0 Å². The molecular formula is C45H37ClO. The van der Waals surface area contributed by atoms with E-state index in [1.54, 1.807) is 0 Å². The van der Waals surface area contributed by atoms with Gasteiger partial charge in [0.05, 0.1) is 5.41 Å². The van der Waals surface area contributed by atoms with Gasteiger partial charge in [0.15, 0.2) is 5.78 Å². The Balaban J connectivity index is 1.33. The molecule has 1 unspecified atom stereocenters. The number of carbonyl (C=O) groups is 1. The number of ketones is 1. The second kappa shape index (κ2) is 10.7. The molecule has 0 N–H and O–H groups in total. The number of rotatable bonds is 5. The van der Waals surface area contributed by atoms with Crippen molar-refractivity contribution in [1.29, 1.82) is 0 Å². The van der Waals surface area contributed by atoms with E-state index in [9.17, 15) is 4.79 Å². The molecule has 0 fully saturated rings. The van der Waals surface area contributed by atoms with E-state index in [4.69, 9.17) is 11.6 Å². The van der Waals surface area contributed by atoms with E-state index < -0.39 is 5.41 Å². The minimum atomic E-state index is -0.543. The van der Waals surface area contributed by atoms with Crippen molar-refractivity contribution in [2.75, 3.05) is 0 Å². The molecule has 0 aliphatic heterocycles. The van der Waals surface area contributed by atoms with Gasteiger partial charge in [-0.15, -0.1) is 0 Å². The summed E-state index contributed by atoms with van der Waals surface area (Å²) in [5, 5.41) is 0.738. The summed E-state index contributed by atoms with van der Waals surface area (Å²) >= 11 is 6.82. The van der Waals surface area contributed by atoms with E-state index in [2.05, 4.69) is 113 Å². The average molecular weight is 629 g/mol. The Labute approximate surface area is 282 Å². The maximum absolute atomic E-state index is 13.3. The average Bonchev–Trinajstić information content (AvgIpc) is 3.47. The highest BCUT2D eigenvalue weighted by atomic mass is 35.5. The molecule has 47 heavy (non-hydrogen) atoms. The Bertz CT molecular complexity index is 2170. The Morgan fingerprint density at radius 2 is 1.11 bits per heavy atom. The second-order valence-corrected chi connectivity index (χ2v) is 15.0. The van der Waals surface area contributed by atoms with Gasteiger partial charge in [-0.25, -0.2) is 0 Å². The molecule has 0 bridgehead atoms. The van der Waals surface area contributed by atoms with Crippen molar-refractivity contribution in [3.63, 3.8) is 0 Å². The third kappa shape index (κ3) is 4.55. The molecule has 2 aliphatic rings. The zero-order valence-corrected chi connectivity index (χ0v) is 28.0. The van der Waals surface area contributed by atoms with E-state index in [-0.39, 0.29) is 16.6 Å². The number of benzene rings is 6. The maximum Gasteiger partial charge on any atom is 0.193 e. The quantitative estimate of drug-likeness (QED) is 0.173. The summed E-state index contributed by atoms with van der Waals surface area (Å²) in [6.07, 6.45) is 1.12. The highest BCUT2D eigenvalue weighted by Crippen LogP contribution is 2.60. The molecule has 0 amide bonds.